The third-order valence-corrected chi connectivity index (χ3v) is 2.21. The van der Waals surface area contributed by atoms with Crippen LogP contribution >= 0.6 is 0 Å². The lowest BCUT2D eigenvalue weighted by Gasteiger charge is -2.11. The van der Waals surface area contributed by atoms with Gasteiger partial charge in [0.05, 0.1) is 0 Å². The molecule has 0 aromatic rings. The maximum atomic E-state index is 10.8. The number of hydrogen-bond donors (Lipinski definition) is 2. The van der Waals surface area contributed by atoms with Crippen LogP contribution in [0.5, 0.6) is 0 Å². The monoisotopic (exact) mass is 183 g/mol. The fourth-order valence-electron chi connectivity index (χ4n) is 1.28. The zero-order valence-corrected chi connectivity index (χ0v) is 8.21. The van der Waals surface area contributed by atoms with Crippen LogP contribution in [0.3, 0.4) is 0 Å². The normalized spacial score (nSPS) is 18.0. The molecule has 0 spiro atoms. The Bertz CT molecular complexity index is 215. The van der Waals surface area contributed by atoms with Crippen LogP contribution in [0.25, 0.3) is 0 Å². The summed E-state index contributed by atoms with van der Waals surface area (Å²) in [5.74, 6) is -0.354. The van der Waals surface area contributed by atoms with Gasteiger partial charge in [0.1, 0.15) is 6.04 Å². The van der Waals surface area contributed by atoms with Crippen molar-refractivity contribution in [2.45, 2.75) is 32.7 Å². The van der Waals surface area contributed by atoms with E-state index in [2.05, 4.69) is 5.32 Å². The van der Waals surface area contributed by atoms with E-state index in [-0.39, 0.29) is 6.04 Å². The molecule has 1 atom stereocenters. The summed E-state index contributed by atoms with van der Waals surface area (Å²) in [7, 11) is 0. The summed E-state index contributed by atoms with van der Waals surface area (Å²) in [6, 6.07) is -0.337. The lowest BCUT2D eigenvalue weighted by molar-refractivity contribution is -0.140. The topological polar surface area (TPSA) is 49.3 Å². The van der Waals surface area contributed by atoms with Crippen molar-refractivity contribution < 1.29 is 9.90 Å². The molecule has 1 rings (SSSR count). The highest BCUT2D eigenvalue weighted by Gasteiger charge is 2.35. The van der Waals surface area contributed by atoms with Crippen molar-refractivity contribution in [1.29, 1.82) is 0 Å². The van der Waals surface area contributed by atoms with Gasteiger partial charge in [-0.2, -0.15) is 0 Å². The first kappa shape index (κ1) is 10.3. The molecular formula is C10H17NO2. The average molecular weight is 183 g/mol. The number of rotatable bonds is 5. The molecule has 0 aromatic carbocycles. The van der Waals surface area contributed by atoms with Gasteiger partial charge in [-0.3, -0.25) is 4.79 Å². The van der Waals surface area contributed by atoms with E-state index in [1.54, 1.807) is 0 Å². The first-order valence-corrected chi connectivity index (χ1v) is 4.71. The zero-order valence-electron chi connectivity index (χ0n) is 8.21. The molecule has 0 aromatic heterocycles. The molecule has 0 saturated heterocycles. The second kappa shape index (κ2) is 4.42. The summed E-state index contributed by atoms with van der Waals surface area (Å²) in [6.07, 6.45) is 4.12. The molecule has 0 radical (unpaired) electrons. The Morgan fingerprint density at radius 2 is 2.23 bits per heavy atom. The third-order valence-electron chi connectivity index (χ3n) is 2.21. The summed E-state index contributed by atoms with van der Waals surface area (Å²) in [4.78, 5) is 10.8. The van der Waals surface area contributed by atoms with Crippen LogP contribution in [0, 0.1) is 5.92 Å². The number of carboxylic acids is 1. The fraction of sp³-hybridized carbons (Fsp3) is 0.700. The molecule has 3 nitrogen and oxygen atoms in total. The maximum absolute atomic E-state index is 10.8. The minimum atomic E-state index is -0.718. The van der Waals surface area contributed by atoms with Crippen molar-refractivity contribution in [2.24, 2.45) is 5.92 Å². The summed E-state index contributed by atoms with van der Waals surface area (Å²) < 4.78 is 0. The molecule has 1 saturated carbocycles. The zero-order chi connectivity index (χ0) is 9.84. The molecule has 0 bridgehead atoms. The second-order valence-electron chi connectivity index (χ2n) is 3.84. The smallest absolute Gasteiger partial charge is 0.320 e. The van der Waals surface area contributed by atoms with Crippen LogP contribution in [-0.2, 0) is 4.79 Å². The third kappa shape index (κ3) is 3.59. The van der Waals surface area contributed by atoms with E-state index in [1.165, 1.54) is 5.57 Å². The maximum Gasteiger partial charge on any atom is 0.320 e. The Morgan fingerprint density at radius 3 is 2.62 bits per heavy atom. The summed E-state index contributed by atoms with van der Waals surface area (Å²) >= 11 is 0. The average Bonchev–Trinajstić information content (AvgIpc) is 2.79. The van der Waals surface area contributed by atoms with Crippen LogP contribution < -0.4 is 5.32 Å². The lowest BCUT2D eigenvalue weighted by Crippen LogP contribution is -2.38. The molecule has 2 N–H and O–H groups in total. The van der Waals surface area contributed by atoms with Gasteiger partial charge in [-0.1, -0.05) is 11.6 Å². The van der Waals surface area contributed by atoms with Gasteiger partial charge >= 0.3 is 5.97 Å². The molecule has 1 unspecified atom stereocenters. The van der Waals surface area contributed by atoms with Crippen molar-refractivity contribution in [1.82, 2.24) is 5.32 Å². The van der Waals surface area contributed by atoms with Crippen LogP contribution in [0.15, 0.2) is 11.6 Å². The Balaban J connectivity index is 2.30. The molecule has 0 heterocycles. The summed E-state index contributed by atoms with van der Waals surface area (Å²) in [5, 5.41) is 11.9. The quantitative estimate of drug-likeness (QED) is 0.633. The molecule has 1 aliphatic rings. The number of aliphatic carboxylic acids is 1. The van der Waals surface area contributed by atoms with Crippen LogP contribution in [0.4, 0.5) is 0 Å². The van der Waals surface area contributed by atoms with E-state index in [0.29, 0.717) is 12.5 Å². The van der Waals surface area contributed by atoms with E-state index in [4.69, 9.17) is 5.11 Å². The highest BCUT2D eigenvalue weighted by molar-refractivity contribution is 5.74. The van der Waals surface area contributed by atoms with Crippen molar-refractivity contribution in [2.75, 3.05) is 6.54 Å². The molecule has 1 aliphatic carbocycles. The van der Waals surface area contributed by atoms with Crippen molar-refractivity contribution in [3.8, 4) is 0 Å². The van der Waals surface area contributed by atoms with E-state index < -0.39 is 5.97 Å². The standard InChI is InChI=1S/C10H17NO2/c1-7(2)5-6-11-9(10(12)13)8-3-4-8/h5,8-9,11H,3-4,6H2,1-2H3,(H,12,13). The highest BCUT2D eigenvalue weighted by atomic mass is 16.4. The Morgan fingerprint density at radius 1 is 1.62 bits per heavy atom. The van der Waals surface area contributed by atoms with Gasteiger partial charge in [0.2, 0.25) is 0 Å². The number of nitrogens with one attached hydrogen (secondary N) is 1. The molecule has 0 aliphatic heterocycles. The van der Waals surface area contributed by atoms with E-state index in [1.807, 2.05) is 19.9 Å². The molecule has 13 heavy (non-hydrogen) atoms. The van der Waals surface area contributed by atoms with Crippen LogP contribution in [0.2, 0.25) is 0 Å². The first-order valence-electron chi connectivity index (χ1n) is 4.71. The largest absolute Gasteiger partial charge is 0.480 e. The molecule has 1 fully saturated rings. The molecule has 74 valence electrons. The van der Waals surface area contributed by atoms with E-state index in [0.717, 1.165) is 12.8 Å². The number of allylic oxidation sites excluding steroid dienone is 1. The molecular weight excluding hydrogens is 166 g/mol. The minimum absolute atomic E-state index is 0.337. The highest BCUT2D eigenvalue weighted by Crippen LogP contribution is 2.32. The number of carboxylic acid groups (broad SMARTS) is 1. The van der Waals surface area contributed by atoms with Gasteiger partial charge in [0, 0.05) is 6.54 Å². The second-order valence-corrected chi connectivity index (χ2v) is 3.84. The lowest BCUT2D eigenvalue weighted by atomic mass is 10.2. The van der Waals surface area contributed by atoms with Gasteiger partial charge in [-0.25, -0.2) is 0 Å². The first-order chi connectivity index (χ1) is 6.11. The van der Waals surface area contributed by atoms with Gasteiger partial charge in [0.25, 0.3) is 0 Å². The van der Waals surface area contributed by atoms with Crippen molar-refractivity contribution in [3.05, 3.63) is 11.6 Å². The van der Waals surface area contributed by atoms with Gasteiger partial charge in [0.15, 0.2) is 0 Å². The van der Waals surface area contributed by atoms with Crippen molar-refractivity contribution in [3.63, 3.8) is 0 Å². The van der Waals surface area contributed by atoms with Crippen LogP contribution in [0.1, 0.15) is 26.7 Å². The fourth-order valence-corrected chi connectivity index (χ4v) is 1.28. The summed E-state index contributed by atoms with van der Waals surface area (Å²) in [5.41, 5.74) is 1.22. The number of hydrogen-bond acceptors (Lipinski definition) is 2. The Hall–Kier alpha value is -0.830. The van der Waals surface area contributed by atoms with Gasteiger partial charge in [-0.15, -0.1) is 0 Å². The Labute approximate surface area is 78.8 Å². The predicted molar refractivity (Wildman–Crippen MR) is 51.6 cm³/mol. The van der Waals surface area contributed by atoms with Gasteiger partial charge in [-0.05, 0) is 32.6 Å². The molecule has 0 amide bonds. The summed E-state index contributed by atoms with van der Waals surface area (Å²) in [6.45, 7) is 4.68. The number of carbonyl (C=O) groups is 1. The minimum Gasteiger partial charge on any atom is -0.480 e. The van der Waals surface area contributed by atoms with Crippen LogP contribution in [-0.4, -0.2) is 23.7 Å². The van der Waals surface area contributed by atoms with E-state index >= 15 is 0 Å². The molecule has 3 heteroatoms. The van der Waals surface area contributed by atoms with Gasteiger partial charge < -0.3 is 10.4 Å². The van der Waals surface area contributed by atoms with E-state index in [9.17, 15) is 4.79 Å². The predicted octanol–water partition coefficient (Wildman–Crippen LogP) is 1.41. The SMILES string of the molecule is CC(C)=CCNC(C(=O)O)C1CC1. The van der Waals surface area contributed by atoms with Crippen molar-refractivity contribution >= 4 is 5.97 Å². The Kier molecular flexibility index (Phi) is 3.48.